The Bertz CT molecular complexity index is 1040. The smallest absolute Gasteiger partial charge is 0.254 e. The Morgan fingerprint density at radius 3 is 2.28 bits per heavy atom. The predicted molar refractivity (Wildman–Crippen MR) is 106 cm³/mol. The molecule has 2 N–H and O–H groups in total. The molecule has 1 heterocycles. The van der Waals surface area contributed by atoms with Gasteiger partial charge in [0.15, 0.2) is 5.78 Å². The van der Waals surface area contributed by atoms with Gasteiger partial charge in [-0.1, -0.05) is 12.1 Å². The zero-order valence-corrected chi connectivity index (χ0v) is 15.9. The molecular formula is C23H20F2N2O2. The lowest BCUT2D eigenvalue weighted by Gasteiger charge is -2.34. The summed E-state index contributed by atoms with van der Waals surface area (Å²) in [6, 6.07) is 11.3. The standard InChI is InChI=1S/C23H20F2N2O2/c1-13-20(23(29)27-17-11-9-16(25)10-12-17)21(14-5-7-15(24)8-6-14)22-18(26-13)3-2-4-19(22)28/h5-12,21,26H,2-4H2,1H3,(H,27,29)/t21-/m0/s1. The molecule has 148 valence electrons. The fraction of sp³-hybridized carbons (Fsp3) is 0.217. The second kappa shape index (κ2) is 7.62. The molecule has 0 spiro atoms. The number of dihydropyridines is 1. The maximum Gasteiger partial charge on any atom is 0.254 e. The van der Waals surface area contributed by atoms with Crippen molar-refractivity contribution >= 4 is 17.4 Å². The van der Waals surface area contributed by atoms with Crippen molar-refractivity contribution in [1.82, 2.24) is 5.32 Å². The Balaban J connectivity index is 1.77. The van der Waals surface area contributed by atoms with E-state index >= 15 is 0 Å². The van der Waals surface area contributed by atoms with Crippen molar-refractivity contribution in [3.05, 3.63) is 88.3 Å². The van der Waals surface area contributed by atoms with Gasteiger partial charge < -0.3 is 10.6 Å². The first-order chi connectivity index (χ1) is 13.9. The number of ketones is 1. The number of carbonyl (C=O) groups excluding carboxylic acids is 2. The van der Waals surface area contributed by atoms with Crippen LogP contribution in [0.25, 0.3) is 0 Å². The van der Waals surface area contributed by atoms with Gasteiger partial charge in [-0.15, -0.1) is 0 Å². The average molecular weight is 394 g/mol. The number of nitrogens with one attached hydrogen (secondary N) is 2. The molecule has 2 aromatic rings. The summed E-state index contributed by atoms with van der Waals surface area (Å²) in [5.74, 6) is -1.76. The maximum absolute atomic E-state index is 13.5. The van der Waals surface area contributed by atoms with Crippen LogP contribution in [0, 0.1) is 11.6 Å². The number of carbonyl (C=O) groups is 2. The van der Waals surface area contributed by atoms with Crippen LogP contribution >= 0.6 is 0 Å². The Morgan fingerprint density at radius 1 is 1.00 bits per heavy atom. The first kappa shape index (κ1) is 19.1. The molecule has 1 amide bonds. The highest BCUT2D eigenvalue weighted by Crippen LogP contribution is 2.42. The minimum Gasteiger partial charge on any atom is -0.362 e. The van der Waals surface area contributed by atoms with Crippen molar-refractivity contribution in [3.63, 3.8) is 0 Å². The second-order valence-electron chi connectivity index (χ2n) is 7.28. The van der Waals surface area contributed by atoms with Crippen LogP contribution in [-0.2, 0) is 9.59 Å². The number of hydrogen-bond acceptors (Lipinski definition) is 3. The number of halogens is 2. The van der Waals surface area contributed by atoms with E-state index in [2.05, 4.69) is 10.6 Å². The number of amides is 1. The van der Waals surface area contributed by atoms with E-state index in [1.807, 2.05) is 0 Å². The molecule has 4 nitrogen and oxygen atoms in total. The summed E-state index contributed by atoms with van der Waals surface area (Å²) in [6.07, 6.45) is 1.90. The van der Waals surface area contributed by atoms with Gasteiger partial charge in [0.1, 0.15) is 11.6 Å². The molecule has 29 heavy (non-hydrogen) atoms. The van der Waals surface area contributed by atoms with Crippen LogP contribution in [0.5, 0.6) is 0 Å². The molecule has 6 heteroatoms. The van der Waals surface area contributed by atoms with Gasteiger partial charge in [-0.05, 0) is 61.7 Å². The van der Waals surface area contributed by atoms with Crippen LogP contribution in [0.3, 0.4) is 0 Å². The minimum atomic E-state index is -0.583. The van der Waals surface area contributed by atoms with Crippen LogP contribution in [-0.4, -0.2) is 11.7 Å². The predicted octanol–water partition coefficient (Wildman–Crippen LogP) is 4.57. The van der Waals surface area contributed by atoms with E-state index < -0.39 is 11.7 Å². The Labute approximate surface area is 167 Å². The van der Waals surface area contributed by atoms with E-state index in [1.54, 1.807) is 19.1 Å². The number of hydrogen-bond donors (Lipinski definition) is 2. The molecule has 2 aromatic carbocycles. The monoisotopic (exact) mass is 394 g/mol. The van der Waals surface area contributed by atoms with Crippen molar-refractivity contribution in [2.75, 3.05) is 5.32 Å². The molecule has 0 saturated heterocycles. The van der Waals surface area contributed by atoms with Crippen LogP contribution in [0.2, 0.25) is 0 Å². The first-order valence-corrected chi connectivity index (χ1v) is 9.50. The number of allylic oxidation sites excluding steroid dienone is 3. The van der Waals surface area contributed by atoms with E-state index in [0.29, 0.717) is 34.5 Å². The summed E-state index contributed by atoms with van der Waals surface area (Å²) in [4.78, 5) is 26.0. The molecule has 4 rings (SSSR count). The van der Waals surface area contributed by atoms with E-state index in [1.165, 1.54) is 36.4 Å². The highest BCUT2D eigenvalue weighted by Gasteiger charge is 2.38. The molecular weight excluding hydrogens is 374 g/mol. The quantitative estimate of drug-likeness (QED) is 0.802. The Kier molecular flexibility index (Phi) is 5.01. The SMILES string of the molecule is CC1=C(C(=O)Nc2ccc(F)cc2)[C@H](c2ccc(F)cc2)C2=C(CCCC2=O)N1. The number of Topliss-reactive ketones (excluding diaryl/α,β-unsaturated/α-hetero) is 1. The Morgan fingerprint density at radius 2 is 1.62 bits per heavy atom. The van der Waals surface area contributed by atoms with Gasteiger partial charge in [-0.3, -0.25) is 9.59 Å². The lowest BCUT2D eigenvalue weighted by molar-refractivity contribution is -0.116. The van der Waals surface area contributed by atoms with Gasteiger partial charge in [0, 0.05) is 40.6 Å². The normalized spacial score (nSPS) is 19.0. The van der Waals surface area contributed by atoms with Crippen molar-refractivity contribution < 1.29 is 18.4 Å². The second-order valence-corrected chi connectivity index (χ2v) is 7.28. The van der Waals surface area contributed by atoms with E-state index in [-0.39, 0.29) is 17.5 Å². The third-order valence-corrected chi connectivity index (χ3v) is 5.33. The lowest BCUT2D eigenvalue weighted by atomic mass is 9.75. The number of anilines is 1. The maximum atomic E-state index is 13.5. The van der Waals surface area contributed by atoms with Crippen molar-refractivity contribution in [2.24, 2.45) is 0 Å². The van der Waals surface area contributed by atoms with E-state index in [4.69, 9.17) is 0 Å². The molecule has 0 unspecified atom stereocenters. The number of benzene rings is 2. The van der Waals surface area contributed by atoms with E-state index in [9.17, 15) is 18.4 Å². The lowest BCUT2D eigenvalue weighted by Crippen LogP contribution is -2.35. The average Bonchev–Trinajstić information content (AvgIpc) is 2.69. The highest BCUT2D eigenvalue weighted by atomic mass is 19.1. The van der Waals surface area contributed by atoms with Gasteiger partial charge in [-0.2, -0.15) is 0 Å². The molecule has 2 aliphatic rings. The molecule has 0 saturated carbocycles. The molecule has 1 aliphatic heterocycles. The summed E-state index contributed by atoms with van der Waals surface area (Å²) in [5.41, 5.74) is 3.56. The summed E-state index contributed by atoms with van der Waals surface area (Å²) < 4.78 is 26.7. The van der Waals surface area contributed by atoms with Gasteiger partial charge >= 0.3 is 0 Å². The van der Waals surface area contributed by atoms with E-state index in [0.717, 1.165) is 18.5 Å². The third kappa shape index (κ3) is 3.70. The summed E-state index contributed by atoms with van der Waals surface area (Å²) >= 11 is 0. The fourth-order valence-electron chi connectivity index (χ4n) is 4.00. The highest BCUT2D eigenvalue weighted by molar-refractivity contribution is 6.09. The van der Waals surface area contributed by atoms with Gasteiger partial charge in [-0.25, -0.2) is 8.78 Å². The number of rotatable bonds is 3. The largest absolute Gasteiger partial charge is 0.362 e. The summed E-state index contributed by atoms with van der Waals surface area (Å²) in [7, 11) is 0. The zero-order chi connectivity index (χ0) is 20.5. The fourth-order valence-corrected chi connectivity index (χ4v) is 4.00. The van der Waals surface area contributed by atoms with Gasteiger partial charge in [0.2, 0.25) is 0 Å². The zero-order valence-electron chi connectivity index (χ0n) is 15.9. The summed E-state index contributed by atoms with van der Waals surface area (Å²) in [5, 5.41) is 6.01. The van der Waals surface area contributed by atoms with Crippen molar-refractivity contribution in [3.8, 4) is 0 Å². The van der Waals surface area contributed by atoms with Crippen LogP contribution < -0.4 is 10.6 Å². The summed E-state index contributed by atoms with van der Waals surface area (Å²) in [6.45, 7) is 1.79. The van der Waals surface area contributed by atoms with Crippen molar-refractivity contribution in [1.29, 1.82) is 0 Å². The molecule has 0 radical (unpaired) electrons. The van der Waals surface area contributed by atoms with Gasteiger partial charge in [0.25, 0.3) is 5.91 Å². The molecule has 1 atom stereocenters. The van der Waals surface area contributed by atoms with Crippen LogP contribution in [0.15, 0.2) is 71.1 Å². The topological polar surface area (TPSA) is 58.2 Å². The van der Waals surface area contributed by atoms with Gasteiger partial charge in [0.05, 0.1) is 0 Å². The third-order valence-electron chi connectivity index (χ3n) is 5.33. The molecule has 1 aliphatic carbocycles. The van der Waals surface area contributed by atoms with Crippen LogP contribution in [0.1, 0.15) is 37.7 Å². The van der Waals surface area contributed by atoms with Crippen LogP contribution in [0.4, 0.5) is 14.5 Å². The minimum absolute atomic E-state index is 0.00680. The van der Waals surface area contributed by atoms with Crippen molar-refractivity contribution in [2.45, 2.75) is 32.1 Å². The molecule has 0 fully saturated rings. The Hall–Kier alpha value is -3.28. The molecule has 0 aromatic heterocycles. The first-order valence-electron chi connectivity index (χ1n) is 9.50. The molecule has 0 bridgehead atoms.